The molecule has 17 heavy (non-hydrogen) atoms. The molecule has 1 heterocycles. The van der Waals surface area contributed by atoms with E-state index < -0.39 is 12.0 Å². The first kappa shape index (κ1) is 13.5. The van der Waals surface area contributed by atoms with Gasteiger partial charge in [0.2, 0.25) is 11.7 Å². The molecule has 0 atom stereocenters. The number of halogens is 3. The lowest BCUT2D eigenvalue weighted by molar-refractivity contribution is -0.145. The number of alkyl halides is 3. The Kier molecular flexibility index (Phi) is 4.53. The molecule has 0 aliphatic carbocycles. The van der Waals surface area contributed by atoms with Crippen LogP contribution in [-0.2, 0) is 6.18 Å². The summed E-state index contributed by atoms with van der Waals surface area (Å²) in [4.78, 5) is 6.65. The van der Waals surface area contributed by atoms with Crippen LogP contribution in [0.15, 0.2) is 6.07 Å². The smallest absolute Gasteiger partial charge is 0.451 e. The Morgan fingerprint density at radius 3 is 2.59 bits per heavy atom. The summed E-state index contributed by atoms with van der Waals surface area (Å²) >= 11 is 0. The third-order valence-corrected chi connectivity index (χ3v) is 1.96. The summed E-state index contributed by atoms with van der Waals surface area (Å²) in [5, 5.41) is 2.54. The topological polar surface area (TPSA) is 47.0 Å². The number of hydrogen-bond acceptors (Lipinski definition) is 4. The van der Waals surface area contributed by atoms with Gasteiger partial charge in [-0.25, -0.2) is 4.98 Å². The van der Waals surface area contributed by atoms with Crippen LogP contribution < -0.4 is 10.1 Å². The number of nitrogens with zero attached hydrogens (tertiary/aromatic N) is 2. The van der Waals surface area contributed by atoms with Crippen molar-refractivity contribution in [2.75, 3.05) is 19.0 Å². The van der Waals surface area contributed by atoms with Crippen molar-refractivity contribution in [3.8, 4) is 5.88 Å². The van der Waals surface area contributed by atoms with E-state index in [2.05, 4.69) is 15.3 Å². The highest BCUT2D eigenvalue weighted by atomic mass is 19.4. The SMILES string of the molecule is CCCCOc1cc(NC)nc(C(F)(F)F)n1. The Hall–Kier alpha value is -1.53. The Labute approximate surface area is 97.2 Å². The molecule has 0 saturated carbocycles. The van der Waals surface area contributed by atoms with Crippen LogP contribution in [0, 0.1) is 0 Å². The number of nitrogens with one attached hydrogen (secondary N) is 1. The number of aromatic nitrogens is 2. The maximum absolute atomic E-state index is 12.5. The maximum Gasteiger partial charge on any atom is 0.451 e. The van der Waals surface area contributed by atoms with Crippen LogP contribution in [-0.4, -0.2) is 23.6 Å². The Morgan fingerprint density at radius 1 is 1.35 bits per heavy atom. The first-order chi connectivity index (χ1) is 7.97. The molecule has 0 amide bonds. The van der Waals surface area contributed by atoms with Gasteiger partial charge in [-0.3, -0.25) is 0 Å². The molecule has 0 aromatic carbocycles. The third kappa shape index (κ3) is 4.08. The molecule has 0 bridgehead atoms. The van der Waals surface area contributed by atoms with Gasteiger partial charge >= 0.3 is 6.18 Å². The summed E-state index contributed by atoms with van der Waals surface area (Å²) in [5.41, 5.74) is 0. The summed E-state index contributed by atoms with van der Waals surface area (Å²) in [7, 11) is 1.48. The highest BCUT2D eigenvalue weighted by Crippen LogP contribution is 2.28. The van der Waals surface area contributed by atoms with Crippen LogP contribution in [0.3, 0.4) is 0 Å². The number of rotatable bonds is 5. The summed E-state index contributed by atoms with van der Waals surface area (Å²) in [6, 6.07) is 1.34. The number of unbranched alkanes of at least 4 members (excludes halogenated alkanes) is 1. The molecule has 1 aromatic heterocycles. The van der Waals surface area contributed by atoms with Gasteiger partial charge in [0, 0.05) is 13.1 Å². The van der Waals surface area contributed by atoms with Crippen LogP contribution in [0.25, 0.3) is 0 Å². The van der Waals surface area contributed by atoms with E-state index in [0.29, 0.717) is 6.61 Å². The lowest BCUT2D eigenvalue weighted by atomic mass is 10.4. The highest BCUT2D eigenvalue weighted by Gasteiger charge is 2.35. The minimum absolute atomic E-state index is 0.0647. The predicted octanol–water partition coefficient (Wildman–Crippen LogP) is 2.72. The molecule has 1 rings (SSSR count). The van der Waals surface area contributed by atoms with Gasteiger partial charge in [-0.15, -0.1) is 0 Å². The summed E-state index contributed by atoms with van der Waals surface area (Å²) in [6.45, 7) is 2.30. The van der Waals surface area contributed by atoms with E-state index in [-0.39, 0.29) is 11.7 Å². The predicted molar refractivity (Wildman–Crippen MR) is 57.0 cm³/mol. The van der Waals surface area contributed by atoms with Crippen LogP contribution in [0.1, 0.15) is 25.6 Å². The van der Waals surface area contributed by atoms with Crippen molar-refractivity contribution in [1.29, 1.82) is 0 Å². The Bertz CT molecular complexity index is 368. The van der Waals surface area contributed by atoms with Gasteiger partial charge in [-0.05, 0) is 6.42 Å². The van der Waals surface area contributed by atoms with Crippen molar-refractivity contribution in [3.05, 3.63) is 11.9 Å². The van der Waals surface area contributed by atoms with E-state index in [4.69, 9.17) is 4.74 Å². The van der Waals surface area contributed by atoms with E-state index >= 15 is 0 Å². The molecule has 7 heteroatoms. The molecule has 4 nitrogen and oxygen atoms in total. The molecule has 0 aliphatic rings. The van der Waals surface area contributed by atoms with E-state index in [0.717, 1.165) is 12.8 Å². The zero-order chi connectivity index (χ0) is 12.9. The van der Waals surface area contributed by atoms with Crippen molar-refractivity contribution in [1.82, 2.24) is 9.97 Å². The lowest BCUT2D eigenvalue weighted by Gasteiger charge is -2.10. The quantitative estimate of drug-likeness (QED) is 0.815. The second-order valence-corrected chi connectivity index (χ2v) is 3.36. The Balaban J connectivity index is 2.89. The van der Waals surface area contributed by atoms with Crippen molar-refractivity contribution < 1.29 is 17.9 Å². The molecule has 0 unspecified atom stereocenters. The third-order valence-electron chi connectivity index (χ3n) is 1.96. The molecule has 1 N–H and O–H groups in total. The van der Waals surface area contributed by atoms with Gasteiger partial charge < -0.3 is 10.1 Å². The van der Waals surface area contributed by atoms with Gasteiger partial charge in [-0.1, -0.05) is 13.3 Å². The summed E-state index contributed by atoms with van der Waals surface area (Å²) in [5.74, 6) is -1.18. The zero-order valence-electron chi connectivity index (χ0n) is 9.64. The molecule has 0 spiro atoms. The average Bonchev–Trinajstić information content (AvgIpc) is 2.28. The second kappa shape index (κ2) is 5.70. The van der Waals surface area contributed by atoms with Gasteiger partial charge in [0.1, 0.15) is 5.82 Å². The standard InChI is InChI=1S/C10H14F3N3O/c1-3-4-5-17-8-6-7(14-2)15-9(16-8)10(11,12)13/h6H,3-5H2,1-2H3,(H,14,15,16). The maximum atomic E-state index is 12.5. The molecular formula is C10H14F3N3O. The molecular weight excluding hydrogens is 235 g/mol. The van der Waals surface area contributed by atoms with Gasteiger partial charge in [0.25, 0.3) is 0 Å². The number of anilines is 1. The molecule has 0 fully saturated rings. The molecule has 1 aromatic rings. The lowest BCUT2D eigenvalue weighted by Crippen LogP contribution is -2.13. The van der Waals surface area contributed by atoms with E-state index in [1.165, 1.54) is 13.1 Å². The zero-order valence-corrected chi connectivity index (χ0v) is 9.64. The van der Waals surface area contributed by atoms with Gasteiger partial charge in [0.15, 0.2) is 0 Å². The molecule has 0 aliphatic heterocycles. The van der Waals surface area contributed by atoms with Crippen LogP contribution >= 0.6 is 0 Å². The Morgan fingerprint density at radius 2 is 2.06 bits per heavy atom. The van der Waals surface area contributed by atoms with E-state index in [1.807, 2.05) is 6.92 Å². The van der Waals surface area contributed by atoms with Crippen LogP contribution in [0.4, 0.5) is 19.0 Å². The largest absolute Gasteiger partial charge is 0.478 e. The van der Waals surface area contributed by atoms with Crippen molar-refractivity contribution in [2.24, 2.45) is 0 Å². The fourth-order valence-corrected chi connectivity index (χ4v) is 1.07. The fourth-order valence-electron chi connectivity index (χ4n) is 1.07. The number of hydrogen-bond donors (Lipinski definition) is 1. The normalized spacial score (nSPS) is 11.4. The average molecular weight is 249 g/mol. The van der Waals surface area contributed by atoms with Crippen LogP contribution in [0.5, 0.6) is 5.88 Å². The number of ether oxygens (including phenoxy) is 1. The minimum atomic E-state index is -4.57. The van der Waals surface area contributed by atoms with E-state index in [1.54, 1.807) is 0 Å². The van der Waals surface area contributed by atoms with Gasteiger partial charge in [0.05, 0.1) is 6.61 Å². The second-order valence-electron chi connectivity index (χ2n) is 3.36. The monoisotopic (exact) mass is 249 g/mol. The first-order valence-electron chi connectivity index (χ1n) is 5.24. The van der Waals surface area contributed by atoms with Crippen molar-refractivity contribution in [2.45, 2.75) is 25.9 Å². The van der Waals surface area contributed by atoms with Crippen molar-refractivity contribution in [3.63, 3.8) is 0 Å². The van der Waals surface area contributed by atoms with Gasteiger partial charge in [-0.2, -0.15) is 18.2 Å². The minimum Gasteiger partial charge on any atom is -0.478 e. The van der Waals surface area contributed by atoms with E-state index in [9.17, 15) is 13.2 Å². The van der Waals surface area contributed by atoms with Crippen molar-refractivity contribution >= 4 is 5.82 Å². The summed E-state index contributed by atoms with van der Waals surface area (Å²) in [6.07, 6.45) is -2.91. The molecule has 0 saturated heterocycles. The highest BCUT2D eigenvalue weighted by molar-refractivity contribution is 5.38. The van der Waals surface area contributed by atoms with Crippen LogP contribution in [0.2, 0.25) is 0 Å². The molecule has 96 valence electrons. The summed E-state index contributed by atoms with van der Waals surface area (Å²) < 4.78 is 42.5. The first-order valence-corrected chi connectivity index (χ1v) is 5.24. The fraction of sp³-hybridized carbons (Fsp3) is 0.600. The molecule has 0 radical (unpaired) electrons.